The summed E-state index contributed by atoms with van der Waals surface area (Å²) in [6, 6.07) is 10.9. The maximum atomic E-state index is 13.1. The highest BCUT2D eigenvalue weighted by Gasteiger charge is 2.17. The summed E-state index contributed by atoms with van der Waals surface area (Å²) in [4.78, 5) is 13.4. The third-order valence-electron chi connectivity index (χ3n) is 3.16. The summed E-state index contributed by atoms with van der Waals surface area (Å²) in [6.45, 7) is 0.392. The molecule has 0 unspecified atom stereocenters. The number of likely N-dealkylation sites (N-methyl/N-ethyl adjacent to an activating group) is 1. The first-order valence-electron chi connectivity index (χ1n) is 6.43. The van der Waals surface area contributed by atoms with Gasteiger partial charge in [-0.2, -0.15) is 0 Å². The molecule has 0 aliphatic carbocycles. The molecule has 2 aromatic rings. The third kappa shape index (κ3) is 3.62. The first-order valence-corrected chi connectivity index (χ1v) is 6.43. The summed E-state index contributed by atoms with van der Waals surface area (Å²) in [5, 5.41) is 0. The van der Waals surface area contributed by atoms with Gasteiger partial charge in [0.05, 0.1) is 0 Å². The summed E-state index contributed by atoms with van der Waals surface area (Å²) in [6.07, 6.45) is 0.620. The number of rotatable bonds is 4. The zero-order valence-electron chi connectivity index (χ0n) is 11.4. The SMILES string of the molecule is CN(CCc1ccccc1)C(=O)c1cc(F)c(F)c(F)c1. The highest BCUT2D eigenvalue weighted by Crippen LogP contribution is 2.15. The smallest absolute Gasteiger partial charge is 0.253 e. The molecule has 5 heteroatoms. The number of hydrogen-bond acceptors (Lipinski definition) is 1. The van der Waals surface area contributed by atoms with Crippen molar-refractivity contribution in [3.05, 3.63) is 71.0 Å². The van der Waals surface area contributed by atoms with Crippen molar-refractivity contribution in [1.29, 1.82) is 0 Å². The van der Waals surface area contributed by atoms with Crippen LogP contribution in [0.1, 0.15) is 15.9 Å². The van der Waals surface area contributed by atoms with Gasteiger partial charge in [0.2, 0.25) is 0 Å². The normalized spacial score (nSPS) is 10.5. The van der Waals surface area contributed by atoms with Crippen LogP contribution < -0.4 is 0 Å². The maximum Gasteiger partial charge on any atom is 0.253 e. The van der Waals surface area contributed by atoms with Crippen molar-refractivity contribution >= 4 is 5.91 Å². The van der Waals surface area contributed by atoms with Crippen molar-refractivity contribution in [1.82, 2.24) is 4.90 Å². The van der Waals surface area contributed by atoms with E-state index in [1.807, 2.05) is 30.3 Å². The maximum absolute atomic E-state index is 13.1. The average molecular weight is 293 g/mol. The Bertz CT molecular complexity index is 620. The van der Waals surface area contributed by atoms with Gasteiger partial charge in [-0.25, -0.2) is 13.2 Å². The summed E-state index contributed by atoms with van der Waals surface area (Å²) in [7, 11) is 1.53. The van der Waals surface area contributed by atoms with E-state index in [1.165, 1.54) is 11.9 Å². The van der Waals surface area contributed by atoms with Crippen molar-refractivity contribution in [2.45, 2.75) is 6.42 Å². The second-order valence-electron chi connectivity index (χ2n) is 4.72. The molecule has 0 fully saturated rings. The van der Waals surface area contributed by atoms with E-state index in [-0.39, 0.29) is 5.56 Å². The Morgan fingerprint density at radius 2 is 1.62 bits per heavy atom. The average Bonchev–Trinajstić information content (AvgIpc) is 2.50. The monoisotopic (exact) mass is 293 g/mol. The molecule has 0 spiro atoms. The fraction of sp³-hybridized carbons (Fsp3) is 0.188. The summed E-state index contributed by atoms with van der Waals surface area (Å²) in [5.41, 5.74) is 0.843. The van der Waals surface area contributed by atoms with E-state index in [9.17, 15) is 18.0 Å². The van der Waals surface area contributed by atoms with Gasteiger partial charge in [0.1, 0.15) is 0 Å². The first-order chi connectivity index (χ1) is 9.99. The minimum atomic E-state index is -1.57. The molecule has 0 radical (unpaired) electrons. The van der Waals surface area contributed by atoms with E-state index in [2.05, 4.69) is 0 Å². The fourth-order valence-corrected chi connectivity index (χ4v) is 1.94. The molecular weight excluding hydrogens is 279 g/mol. The largest absolute Gasteiger partial charge is 0.341 e. The van der Waals surface area contributed by atoms with E-state index in [0.717, 1.165) is 5.56 Å². The number of nitrogens with zero attached hydrogens (tertiary/aromatic N) is 1. The summed E-state index contributed by atoms with van der Waals surface area (Å²) >= 11 is 0. The highest BCUT2D eigenvalue weighted by molar-refractivity contribution is 5.94. The quantitative estimate of drug-likeness (QED) is 0.791. The van der Waals surface area contributed by atoms with E-state index in [1.54, 1.807) is 0 Å². The zero-order chi connectivity index (χ0) is 15.4. The summed E-state index contributed by atoms with van der Waals surface area (Å²) in [5.74, 6) is -4.85. The Kier molecular flexibility index (Phi) is 4.62. The molecular formula is C16H14F3NO. The molecule has 0 saturated carbocycles. The minimum Gasteiger partial charge on any atom is -0.341 e. The Morgan fingerprint density at radius 1 is 1.05 bits per heavy atom. The molecule has 0 atom stereocenters. The first kappa shape index (κ1) is 15.1. The second kappa shape index (κ2) is 6.43. The van der Waals surface area contributed by atoms with E-state index >= 15 is 0 Å². The second-order valence-corrected chi connectivity index (χ2v) is 4.72. The van der Waals surface area contributed by atoms with Crippen LogP contribution in [0.5, 0.6) is 0 Å². The summed E-state index contributed by atoms with van der Waals surface area (Å²) < 4.78 is 39.1. The lowest BCUT2D eigenvalue weighted by Crippen LogP contribution is -2.29. The minimum absolute atomic E-state index is 0.207. The molecule has 0 heterocycles. The lowest BCUT2D eigenvalue weighted by Gasteiger charge is -2.17. The van der Waals surface area contributed by atoms with E-state index in [4.69, 9.17) is 0 Å². The third-order valence-corrected chi connectivity index (χ3v) is 3.16. The van der Waals surface area contributed by atoms with Crippen molar-refractivity contribution < 1.29 is 18.0 Å². The Morgan fingerprint density at radius 3 is 2.19 bits per heavy atom. The van der Waals surface area contributed by atoms with Gasteiger partial charge in [-0.15, -0.1) is 0 Å². The van der Waals surface area contributed by atoms with Crippen molar-refractivity contribution in [2.24, 2.45) is 0 Å². The van der Waals surface area contributed by atoms with Gasteiger partial charge in [-0.3, -0.25) is 4.79 Å². The number of halogens is 3. The van der Waals surface area contributed by atoms with Gasteiger partial charge < -0.3 is 4.90 Å². The molecule has 0 bridgehead atoms. The van der Waals surface area contributed by atoms with Gasteiger partial charge in [-0.1, -0.05) is 30.3 Å². The molecule has 21 heavy (non-hydrogen) atoms. The van der Waals surface area contributed by atoms with Crippen LogP contribution in [0.2, 0.25) is 0 Å². The van der Waals surface area contributed by atoms with Crippen LogP contribution in [0.4, 0.5) is 13.2 Å². The van der Waals surface area contributed by atoms with Crippen molar-refractivity contribution in [3.8, 4) is 0 Å². The molecule has 1 amide bonds. The van der Waals surface area contributed by atoms with Crippen LogP contribution in [0, 0.1) is 17.5 Å². The van der Waals surface area contributed by atoms with Crippen LogP contribution in [0.15, 0.2) is 42.5 Å². The van der Waals surface area contributed by atoms with Gasteiger partial charge in [0.25, 0.3) is 5.91 Å². The number of benzene rings is 2. The van der Waals surface area contributed by atoms with Gasteiger partial charge >= 0.3 is 0 Å². The number of amides is 1. The molecule has 2 aromatic carbocycles. The van der Waals surface area contributed by atoms with E-state index < -0.39 is 23.4 Å². The molecule has 2 rings (SSSR count). The lowest BCUT2D eigenvalue weighted by molar-refractivity contribution is 0.0795. The zero-order valence-corrected chi connectivity index (χ0v) is 11.4. The Labute approximate surface area is 120 Å². The molecule has 110 valence electrons. The highest BCUT2D eigenvalue weighted by atomic mass is 19.2. The molecule has 0 aliphatic rings. The fourth-order valence-electron chi connectivity index (χ4n) is 1.94. The van der Waals surface area contributed by atoms with Gasteiger partial charge in [-0.05, 0) is 24.1 Å². The van der Waals surface area contributed by atoms with E-state index in [0.29, 0.717) is 25.1 Å². The molecule has 0 aliphatic heterocycles. The van der Waals surface area contributed by atoms with Crippen LogP contribution in [0.25, 0.3) is 0 Å². The Balaban J connectivity index is 2.06. The number of hydrogen-bond donors (Lipinski definition) is 0. The topological polar surface area (TPSA) is 20.3 Å². The van der Waals surface area contributed by atoms with Gasteiger partial charge in [0.15, 0.2) is 17.5 Å². The predicted molar refractivity (Wildman–Crippen MR) is 73.4 cm³/mol. The number of carbonyl (C=O) groups excluding carboxylic acids is 1. The van der Waals surface area contributed by atoms with Crippen molar-refractivity contribution in [2.75, 3.05) is 13.6 Å². The van der Waals surface area contributed by atoms with Crippen LogP contribution in [-0.4, -0.2) is 24.4 Å². The molecule has 0 N–H and O–H groups in total. The van der Waals surface area contributed by atoms with Crippen LogP contribution in [0.3, 0.4) is 0 Å². The van der Waals surface area contributed by atoms with Crippen molar-refractivity contribution in [3.63, 3.8) is 0 Å². The molecule has 2 nitrogen and oxygen atoms in total. The lowest BCUT2D eigenvalue weighted by atomic mass is 10.1. The standard InChI is InChI=1S/C16H14F3NO/c1-20(8-7-11-5-3-2-4-6-11)16(21)12-9-13(17)15(19)14(18)10-12/h2-6,9-10H,7-8H2,1H3. The Hall–Kier alpha value is -2.30. The predicted octanol–water partition coefficient (Wildman–Crippen LogP) is 3.42. The molecule has 0 aromatic heterocycles. The van der Waals surface area contributed by atoms with Gasteiger partial charge in [0, 0.05) is 19.2 Å². The number of carbonyl (C=O) groups is 1. The van der Waals surface area contributed by atoms with Crippen LogP contribution in [-0.2, 0) is 6.42 Å². The van der Waals surface area contributed by atoms with Crippen LogP contribution >= 0.6 is 0 Å². The molecule has 0 saturated heterocycles.